The number of allylic oxidation sites excluding steroid dienone is 1. The van der Waals surface area contributed by atoms with Crippen LogP contribution < -0.4 is 0 Å². The topological polar surface area (TPSA) is 61.1 Å². The minimum absolute atomic E-state index is 0.579. The van der Waals surface area contributed by atoms with Crippen molar-refractivity contribution in [1.82, 2.24) is 0 Å². The van der Waals surface area contributed by atoms with E-state index in [0.29, 0.717) is 5.57 Å². The smallest absolute Gasteiger partial charge is 0.325 e. The zero-order valence-corrected chi connectivity index (χ0v) is 5.96. The minimum Gasteiger partial charge on any atom is -0.480 e. The first-order valence-corrected chi connectivity index (χ1v) is 2.88. The molecule has 0 aliphatic rings. The molecule has 0 fully saturated rings. The summed E-state index contributed by atoms with van der Waals surface area (Å²) < 4.78 is 0. The van der Waals surface area contributed by atoms with Crippen LogP contribution in [0.1, 0.15) is 13.8 Å². The van der Waals surface area contributed by atoms with Gasteiger partial charge in [-0.2, -0.15) is 5.26 Å². The summed E-state index contributed by atoms with van der Waals surface area (Å²) in [6, 6.07) is 1.68. The molecule has 0 heterocycles. The summed E-state index contributed by atoms with van der Waals surface area (Å²) >= 11 is 0. The standard InChI is InChI=1S/C7H9NO2/c1-3-5(2)6(4-8)7(9)10/h3,6H,1-2H3,(H,9,10). The first kappa shape index (κ1) is 8.70. The van der Waals surface area contributed by atoms with E-state index in [1.165, 1.54) is 0 Å². The van der Waals surface area contributed by atoms with Crippen molar-refractivity contribution in [2.45, 2.75) is 13.8 Å². The SMILES string of the molecule is CC=C(C)C(C#N)C(=O)O. The lowest BCUT2D eigenvalue weighted by Gasteiger charge is -2.00. The van der Waals surface area contributed by atoms with E-state index in [0.717, 1.165) is 0 Å². The van der Waals surface area contributed by atoms with Gasteiger partial charge in [-0.1, -0.05) is 6.08 Å². The van der Waals surface area contributed by atoms with E-state index in [2.05, 4.69) is 0 Å². The third kappa shape index (κ3) is 1.90. The van der Waals surface area contributed by atoms with Crippen LogP contribution >= 0.6 is 0 Å². The van der Waals surface area contributed by atoms with Gasteiger partial charge in [0.1, 0.15) is 0 Å². The lowest BCUT2D eigenvalue weighted by molar-refractivity contribution is -0.138. The average molecular weight is 139 g/mol. The molecule has 0 amide bonds. The molecular weight excluding hydrogens is 130 g/mol. The van der Waals surface area contributed by atoms with Gasteiger partial charge in [-0.05, 0) is 19.4 Å². The highest BCUT2D eigenvalue weighted by atomic mass is 16.4. The maximum absolute atomic E-state index is 10.3. The Morgan fingerprint density at radius 2 is 2.30 bits per heavy atom. The second-order valence-electron chi connectivity index (χ2n) is 1.93. The van der Waals surface area contributed by atoms with Crippen LogP contribution in [0.3, 0.4) is 0 Å². The summed E-state index contributed by atoms with van der Waals surface area (Å²) in [4.78, 5) is 10.3. The third-order valence-corrected chi connectivity index (χ3v) is 1.29. The van der Waals surface area contributed by atoms with Crippen molar-refractivity contribution in [3.8, 4) is 6.07 Å². The van der Waals surface area contributed by atoms with Gasteiger partial charge in [-0.15, -0.1) is 0 Å². The molecule has 1 N–H and O–H groups in total. The second kappa shape index (κ2) is 3.67. The third-order valence-electron chi connectivity index (χ3n) is 1.29. The van der Waals surface area contributed by atoms with Crippen molar-refractivity contribution in [2.75, 3.05) is 0 Å². The molecule has 3 nitrogen and oxygen atoms in total. The van der Waals surface area contributed by atoms with Crippen LogP contribution in [0.15, 0.2) is 11.6 Å². The molecule has 0 aliphatic carbocycles. The Morgan fingerprint density at radius 1 is 1.80 bits per heavy atom. The number of aliphatic carboxylic acids is 1. The molecule has 10 heavy (non-hydrogen) atoms. The van der Waals surface area contributed by atoms with E-state index in [4.69, 9.17) is 10.4 Å². The highest BCUT2D eigenvalue weighted by Crippen LogP contribution is 2.08. The molecule has 0 bridgehead atoms. The maximum atomic E-state index is 10.3. The van der Waals surface area contributed by atoms with Crippen LogP contribution in [0.25, 0.3) is 0 Å². The number of carboxylic acids is 1. The summed E-state index contributed by atoms with van der Waals surface area (Å²) in [7, 11) is 0. The Hall–Kier alpha value is -1.30. The molecule has 0 saturated heterocycles. The number of carboxylic acid groups (broad SMARTS) is 1. The first-order chi connectivity index (χ1) is 4.63. The van der Waals surface area contributed by atoms with Crippen LogP contribution in [0.4, 0.5) is 0 Å². The van der Waals surface area contributed by atoms with E-state index in [9.17, 15) is 4.79 Å². The maximum Gasteiger partial charge on any atom is 0.325 e. The lowest BCUT2D eigenvalue weighted by Crippen LogP contribution is -2.12. The van der Waals surface area contributed by atoms with Crippen LogP contribution in [0.2, 0.25) is 0 Å². The summed E-state index contributed by atoms with van der Waals surface area (Å²) in [5, 5.41) is 16.7. The molecule has 0 aromatic carbocycles. The van der Waals surface area contributed by atoms with E-state index < -0.39 is 11.9 Å². The molecule has 0 aromatic heterocycles. The van der Waals surface area contributed by atoms with Gasteiger partial charge < -0.3 is 5.11 Å². The fourth-order valence-electron chi connectivity index (χ4n) is 0.518. The van der Waals surface area contributed by atoms with Crippen molar-refractivity contribution >= 4 is 5.97 Å². The monoisotopic (exact) mass is 139 g/mol. The molecule has 1 unspecified atom stereocenters. The van der Waals surface area contributed by atoms with Crippen LogP contribution in [-0.2, 0) is 4.79 Å². The van der Waals surface area contributed by atoms with Crippen molar-refractivity contribution in [1.29, 1.82) is 5.26 Å². The van der Waals surface area contributed by atoms with Gasteiger partial charge in [0.25, 0.3) is 0 Å². The Balaban J connectivity index is 4.41. The molecule has 0 rings (SSSR count). The molecular formula is C7H9NO2. The summed E-state index contributed by atoms with van der Waals surface area (Å²) in [6.45, 7) is 3.34. The normalized spacial score (nSPS) is 13.9. The Bertz CT molecular complexity index is 200. The number of hydrogen-bond acceptors (Lipinski definition) is 2. The number of hydrogen-bond donors (Lipinski definition) is 1. The molecule has 0 aliphatic heterocycles. The Labute approximate surface area is 59.6 Å². The zero-order chi connectivity index (χ0) is 8.15. The number of carbonyl (C=O) groups is 1. The van der Waals surface area contributed by atoms with Gasteiger partial charge in [0, 0.05) is 0 Å². The molecule has 1 atom stereocenters. The average Bonchev–Trinajstić information content (AvgIpc) is 1.88. The summed E-state index contributed by atoms with van der Waals surface area (Å²) in [6.07, 6.45) is 1.63. The molecule has 3 heteroatoms. The van der Waals surface area contributed by atoms with Gasteiger partial charge in [-0.3, -0.25) is 4.79 Å². The fourth-order valence-corrected chi connectivity index (χ4v) is 0.518. The van der Waals surface area contributed by atoms with Gasteiger partial charge in [0.2, 0.25) is 0 Å². The molecule has 0 aromatic rings. The zero-order valence-electron chi connectivity index (χ0n) is 5.96. The quantitative estimate of drug-likeness (QED) is 0.584. The Morgan fingerprint density at radius 3 is 2.40 bits per heavy atom. The summed E-state index contributed by atoms with van der Waals surface area (Å²) in [5.74, 6) is -2.07. The van der Waals surface area contributed by atoms with E-state index in [1.54, 1.807) is 26.0 Å². The lowest BCUT2D eigenvalue weighted by atomic mass is 10.0. The van der Waals surface area contributed by atoms with Gasteiger partial charge in [0.05, 0.1) is 6.07 Å². The van der Waals surface area contributed by atoms with Crippen LogP contribution in [0.5, 0.6) is 0 Å². The fraction of sp³-hybridized carbons (Fsp3) is 0.429. The highest BCUT2D eigenvalue weighted by Gasteiger charge is 2.16. The van der Waals surface area contributed by atoms with Crippen LogP contribution in [0, 0.1) is 17.2 Å². The molecule has 0 saturated carbocycles. The van der Waals surface area contributed by atoms with Gasteiger partial charge >= 0.3 is 5.97 Å². The van der Waals surface area contributed by atoms with Gasteiger partial charge in [0.15, 0.2) is 5.92 Å². The minimum atomic E-state index is -1.09. The molecule has 0 spiro atoms. The number of rotatable bonds is 2. The van der Waals surface area contributed by atoms with Crippen molar-refractivity contribution in [2.24, 2.45) is 5.92 Å². The van der Waals surface area contributed by atoms with Gasteiger partial charge in [-0.25, -0.2) is 0 Å². The van der Waals surface area contributed by atoms with Crippen molar-refractivity contribution in [3.05, 3.63) is 11.6 Å². The van der Waals surface area contributed by atoms with E-state index in [1.807, 2.05) is 0 Å². The highest BCUT2D eigenvalue weighted by molar-refractivity contribution is 5.76. The molecule has 54 valence electrons. The Kier molecular flexibility index (Phi) is 3.20. The van der Waals surface area contributed by atoms with Crippen molar-refractivity contribution in [3.63, 3.8) is 0 Å². The first-order valence-electron chi connectivity index (χ1n) is 2.88. The van der Waals surface area contributed by atoms with Crippen LogP contribution in [-0.4, -0.2) is 11.1 Å². The number of nitriles is 1. The number of nitrogens with zero attached hydrogens (tertiary/aromatic N) is 1. The van der Waals surface area contributed by atoms with E-state index >= 15 is 0 Å². The summed E-state index contributed by atoms with van der Waals surface area (Å²) in [5.41, 5.74) is 0.579. The largest absolute Gasteiger partial charge is 0.480 e. The molecule has 0 radical (unpaired) electrons. The predicted octanol–water partition coefficient (Wildman–Crippen LogP) is 1.18. The predicted molar refractivity (Wildman–Crippen MR) is 36.2 cm³/mol. The van der Waals surface area contributed by atoms with E-state index in [-0.39, 0.29) is 0 Å². The second-order valence-corrected chi connectivity index (χ2v) is 1.93. The van der Waals surface area contributed by atoms with Crippen molar-refractivity contribution < 1.29 is 9.90 Å².